The smallest absolute Gasteiger partial charge is 0.345 e. The average Bonchev–Trinajstić information content (AvgIpc) is 2.87. The number of benzene rings is 1. The van der Waals surface area contributed by atoms with Gasteiger partial charge in [0.2, 0.25) is 0 Å². The van der Waals surface area contributed by atoms with Crippen molar-refractivity contribution in [1.82, 2.24) is 0 Å². The number of rotatable bonds is 3. The molecule has 0 saturated carbocycles. The number of hydrogen-bond donors (Lipinski definition) is 2. The SMILES string of the molecule is CC(C)(C)Nc1ccc(-c2ccc(C(=O)O)s2)cc1C#N. The Kier molecular flexibility index (Phi) is 4.01. The minimum atomic E-state index is -0.933. The topological polar surface area (TPSA) is 73.1 Å². The van der Waals surface area contributed by atoms with Crippen LogP contribution in [0.15, 0.2) is 30.3 Å². The number of carboxylic acid groups (broad SMARTS) is 1. The Labute approximate surface area is 127 Å². The van der Waals surface area contributed by atoms with Crippen molar-refractivity contribution in [1.29, 1.82) is 5.26 Å². The van der Waals surface area contributed by atoms with Crippen LogP contribution in [0.4, 0.5) is 5.69 Å². The van der Waals surface area contributed by atoms with E-state index in [2.05, 4.69) is 11.4 Å². The van der Waals surface area contributed by atoms with Crippen molar-refractivity contribution in [3.63, 3.8) is 0 Å². The van der Waals surface area contributed by atoms with Crippen LogP contribution in [0.5, 0.6) is 0 Å². The number of anilines is 1. The summed E-state index contributed by atoms with van der Waals surface area (Å²) in [5.74, 6) is -0.933. The Bertz CT molecular complexity index is 721. The minimum Gasteiger partial charge on any atom is -0.477 e. The Morgan fingerprint density at radius 3 is 2.52 bits per heavy atom. The molecule has 2 rings (SSSR count). The first-order valence-electron chi connectivity index (χ1n) is 6.46. The first-order chi connectivity index (χ1) is 9.80. The van der Waals surface area contributed by atoms with Crippen LogP contribution in [-0.2, 0) is 0 Å². The number of nitrogens with zero attached hydrogens (tertiary/aromatic N) is 1. The zero-order valence-electron chi connectivity index (χ0n) is 12.1. The summed E-state index contributed by atoms with van der Waals surface area (Å²) in [6, 6.07) is 11.1. The van der Waals surface area contributed by atoms with Crippen molar-refractivity contribution in [3.8, 4) is 16.5 Å². The molecular formula is C16H16N2O2S. The summed E-state index contributed by atoms with van der Waals surface area (Å²) in [5, 5.41) is 21.6. The highest BCUT2D eigenvalue weighted by Gasteiger charge is 2.14. The van der Waals surface area contributed by atoms with Gasteiger partial charge in [-0.15, -0.1) is 11.3 Å². The molecule has 0 aliphatic carbocycles. The first-order valence-corrected chi connectivity index (χ1v) is 7.27. The van der Waals surface area contributed by atoms with Gasteiger partial charge in [-0.1, -0.05) is 6.07 Å². The summed E-state index contributed by atoms with van der Waals surface area (Å²) in [7, 11) is 0. The van der Waals surface area contributed by atoms with Gasteiger partial charge in [-0.3, -0.25) is 0 Å². The van der Waals surface area contributed by atoms with Crippen molar-refractivity contribution < 1.29 is 9.90 Å². The molecule has 1 aromatic carbocycles. The third-order valence-electron chi connectivity index (χ3n) is 2.75. The molecule has 1 aromatic heterocycles. The molecular weight excluding hydrogens is 284 g/mol. The summed E-state index contributed by atoms with van der Waals surface area (Å²) >= 11 is 1.20. The number of carboxylic acids is 1. The average molecular weight is 300 g/mol. The minimum absolute atomic E-state index is 0.132. The lowest BCUT2D eigenvalue weighted by Crippen LogP contribution is -2.26. The van der Waals surface area contributed by atoms with E-state index in [9.17, 15) is 10.1 Å². The quantitative estimate of drug-likeness (QED) is 0.891. The predicted octanol–water partition coefficient (Wildman–Crippen LogP) is 4.20. The van der Waals surface area contributed by atoms with Gasteiger partial charge in [0, 0.05) is 10.4 Å². The Hall–Kier alpha value is -2.32. The van der Waals surface area contributed by atoms with Gasteiger partial charge in [-0.05, 0) is 50.6 Å². The van der Waals surface area contributed by atoms with Crippen molar-refractivity contribution in [2.45, 2.75) is 26.3 Å². The molecule has 0 atom stereocenters. The Morgan fingerprint density at radius 1 is 1.29 bits per heavy atom. The maximum absolute atomic E-state index is 10.9. The van der Waals surface area contributed by atoms with Gasteiger partial charge >= 0.3 is 5.97 Å². The van der Waals surface area contributed by atoms with E-state index in [-0.39, 0.29) is 5.54 Å². The predicted molar refractivity (Wildman–Crippen MR) is 84.8 cm³/mol. The lowest BCUT2D eigenvalue weighted by Gasteiger charge is -2.23. The molecule has 0 aliphatic rings. The standard InChI is InChI=1S/C16H16N2O2S/c1-16(2,3)18-12-5-4-10(8-11(12)9-17)13-6-7-14(21-13)15(19)20/h4-8,18H,1-3H3,(H,19,20). The fourth-order valence-corrected chi connectivity index (χ4v) is 2.75. The Balaban J connectivity index is 2.39. The number of nitrogens with one attached hydrogen (secondary N) is 1. The molecule has 0 spiro atoms. The van der Waals surface area contributed by atoms with Gasteiger partial charge in [-0.25, -0.2) is 4.79 Å². The zero-order valence-corrected chi connectivity index (χ0v) is 12.9. The van der Waals surface area contributed by atoms with Crippen molar-refractivity contribution in [3.05, 3.63) is 40.8 Å². The largest absolute Gasteiger partial charge is 0.477 e. The third kappa shape index (κ3) is 3.61. The van der Waals surface area contributed by atoms with Crippen LogP contribution in [0.25, 0.3) is 10.4 Å². The number of nitriles is 1. The molecule has 4 nitrogen and oxygen atoms in total. The van der Waals surface area contributed by atoms with Gasteiger partial charge in [0.25, 0.3) is 0 Å². The van der Waals surface area contributed by atoms with E-state index in [1.807, 2.05) is 32.9 Å². The highest BCUT2D eigenvalue weighted by molar-refractivity contribution is 7.17. The molecule has 2 N–H and O–H groups in total. The fourth-order valence-electron chi connectivity index (χ4n) is 1.91. The molecule has 108 valence electrons. The monoisotopic (exact) mass is 300 g/mol. The van der Waals surface area contributed by atoms with Crippen LogP contribution < -0.4 is 5.32 Å². The molecule has 0 bridgehead atoms. The summed E-state index contributed by atoms with van der Waals surface area (Å²) in [5.41, 5.74) is 2.05. The number of carbonyl (C=O) groups is 1. The molecule has 0 aliphatic heterocycles. The van der Waals surface area contributed by atoms with Crippen LogP contribution in [0, 0.1) is 11.3 Å². The number of hydrogen-bond acceptors (Lipinski definition) is 4. The molecule has 0 fully saturated rings. The summed E-state index contributed by atoms with van der Waals surface area (Å²) < 4.78 is 0. The molecule has 2 aromatic rings. The van der Waals surface area contributed by atoms with E-state index in [4.69, 9.17) is 5.11 Å². The van der Waals surface area contributed by atoms with Crippen LogP contribution in [-0.4, -0.2) is 16.6 Å². The zero-order chi connectivity index (χ0) is 15.6. The van der Waals surface area contributed by atoms with Gasteiger partial charge in [0.05, 0.1) is 11.3 Å². The maximum atomic E-state index is 10.9. The van der Waals surface area contributed by atoms with Gasteiger partial charge in [-0.2, -0.15) is 5.26 Å². The van der Waals surface area contributed by atoms with Crippen molar-refractivity contribution >= 4 is 23.0 Å². The van der Waals surface area contributed by atoms with Gasteiger partial charge < -0.3 is 10.4 Å². The summed E-state index contributed by atoms with van der Waals surface area (Å²) in [6.45, 7) is 6.08. The highest BCUT2D eigenvalue weighted by Crippen LogP contribution is 2.31. The second-order valence-electron chi connectivity index (χ2n) is 5.72. The second kappa shape index (κ2) is 5.58. The van der Waals surface area contributed by atoms with E-state index in [0.29, 0.717) is 10.4 Å². The van der Waals surface area contributed by atoms with Crippen LogP contribution in [0.2, 0.25) is 0 Å². The molecule has 21 heavy (non-hydrogen) atoms. The van der Waals surface area contributed by atoms with Gasteiger partial charge in [0.15, 0.2) is 0 Å². The summed E-state index contributed by atoms with van der Waals surface area (Å²) in [6.07, 6.45) is 0. The lowest BCUT2D eigenvalue weighted by molar-refractivity contribution is 0.0702. The number of aromatic carboxylic acids is 1. The van der Waals surface area contributed by atoms with E-state index in [0.717, 1.165) is 16.1 Å². The van der Waals surface area contributed by atoms with E-state index >= 15 is 0 Å². The van der Waals surface area contributed by atoms with Crippen molar-refractivity contribution in [2.75, 3.05) is 5.32 Å². The van der Waals surface area contributed by atoms with E-state index in [1.54, 1.807) is 18.2 Å². The molecule has 0 unspecified atom stereocenters. The highest BCUT2D eigenvalue weighted by atomic mass is 32.1. The van der Waals surface area contributed by atoms with E-state index in [1.165, 1.54) is 11.3 Å². The van der Waals surface area contributed by atoms with Crippen molar-refractivity contribution in [2.24, 2.45) is 0 Å². The van der Waals surface area contributed by atoms with Crippen LogP contribution >= 0.6 is 11.3 Å². The lowest BCUT2D eigenvalue weighted by atomic mass is 10.0. The summed E-state index contributed by atoms with van der Waals surface area (Å²) in [4.78, 5) is 12.1. The molecule has 0 amide bonds. The van der Waals surface area contributed by atoms with Gasteiger partial charge in [0.1, 0.15) is 10.9 Å². The third-order valence-corrected chi connectivity index (χ3v) is 3.87. The van der Waals surface area contributed by atoms with Crippen LogP contribution in [0.3, 0.4) is 0 Å². The van der Waals surface area contributed by atoms with Crippen LogP contribution in [0.1, 0.15) is 36.0 Å². The molecule has 5 heteroatoms. The number of thiophene rings is 1. The molecule has 1 heterocycles. The molecule has 0 radical (unpaired) electrons. The first kappa shape index (κ1) is 15.1. The normalized spacial score (nSPS) is 11.0. The fraction of sp³-hybridized carbons (Fsp3) is 0.250. The molecule has 0 saturated heterocycles. The second-order valence-corrected chi connectivity index (χ2v) is 6.80. The Morgan fingerprint density at radius 2 is 2.00 bits per heavy atom. The van der Waals surface area contributed by atoms with E-state index < -0.39 is 5.97 Å². The maximum Gasteiger partial charge on any atom is 0.345 e.